The lowest BCUT2D eigenvalue weighted by atomic mass is 9.96. The number of likely N-dealkylation sites (tertiary alicyclic amines) is 1. The number of ether oxygens (including phenoxy) is 2. The molecule has 2 amide bonds. The molecule has 1 fully saturated rings. The van der Waals surface area contributed by atoms with Gasteiger partial charge in [0.15, 0.2) is 0 Å². The van der Waals surface area contributed by atoms with Gasteiger partial charge in [-0.1, -0.05) is 26.0 Å². The molecule has 1 saturated heterocycles. The fourth-order valence-corrected chi connectivity index (χ4v) is 3.78. The fourth-order valence-electron chi connectivity index (χ4n) is 3.78. The standard InChI is InChI=1S/C25H42N2O5/c1-11-18-13-14-26(23(30)32-25(8,9)10)21(18)22(29)27(19(12-2)15-17(3)4)16-20(28)31-24(5,6)7/h11-12,17-19,21H,1-2,13-16H2,3-10H3/t18-,19?,21-/m0/s1. The van der Waals surface area contributed by atoms with Crippen LogP contribution in [0.1, 0.15) is 68.2 Å². The third-order valence-electron chi connectivity index (χ3n) is 5.02. The topological polar surface area (TPSA) is 76.2 Å². The Bertz CT molecular complexity index is 702. The van der Waals surface area contributed by atoms with Crippen LogP contribution in [-0.4, -0.2) is 64.1 Å². The van der Waals surface area contributed by atoms with E-state index in [-0.39, 0.29) is 30.3 Å². The van der Waals surface area contributed by atoms with Crippen molar-refractivity contribution in [3.05, 3.63) is 25.3 Å². The van der Waals surface area contributed by atoms with E-state index in [1.807, 2.05) is 13.8 Å². The molecule has 0 spiro atoms. The highest BCUT2D eigenvalue weighted by Crippen LogP contribution is 2.30. The molecule has 1 aliphatic heterocycles. The molecule has 1 rings (SSSR count). The molecular weight excluding hydrogens is 408 g/mol. The van der Waals surface area contributed by atoms with Crippen molar-refractivity contribution in [1.82, 2.24) is 9.80 Å². The number of carbonyl (C=O) groups is 3. The summed E-state index contributed by atoms with van der Waals surface area (Å²) < 4.78 is 11.0. The number of nitrogens with zero attached hydrogens (tertiary/aromatic N) is 2. The highest BCUT2D eigenvalue weighted by molar-refractivity contribution is 5.90. The lowest BCUT2D eigenvalue weighted by molar-refractivity contribution is -0.160. The Morgan fingerprint density at radius 1 is 1.06 bits per heavy atom. The molecule has 0 aliphatic carbocycles. The molecule has 0 aromatic heterocycles. The molecule has 0 N–H and O–H groups in total. The van der Waals surface area contributed by atoms with Gasteiger partial charge in [0.1, 0.15) is 23.8 Å². The average molecular weight is 451 g/mol. The quantitative estimate of drug-likeness (QED) is 0.400. The summed E-state index contributed by atoms with van der Waals surface area (Å²) in [6.07, 6.45) is 4.07. The molecule has 0 radical (unpaired) electrons. The van der Waals surface area contributed by atoms with E-state index in [0.717, 1.165) is 0 Å². The first-order valence-electron chi connectivity index (χ1n) is 11.4. The maximum absolute atomic E-state index is 13.9. The zero-order valence-corrected chi connectivity index (χ0v) is 21.1. The summed E-state index contributed by atoms with van der Waals surface area (Å²) in [4.78, 5) is 42.3. The highest BCUT2D eigenvalue weighted by atomic mass is 16.6. The maximum atomic E-state index is 13.9. The number of esters is 1. The van der Waals surface area contributed by atoms with Gasteiger partial charge in [-0.05, 0) is 60.3 Å². The van der Waals surface area contributed by atoms with Gasteiger partial charge in [-0.3, -0.25) is 14.5 Å². The Kier molecular flexibility index (Phi) is 9.54. The molecule has 1 aliphatic rings. The smallest absolute Gasteiger partial charge is 0.410 e. The Balaban J connectivity index is 3.30. The third-order valence-corrected chi connectivity index (χ3v) is 5.02. The summed E-state index contributed by atoms with van der Waals surface area (Å²) in [6, 6.07) is -1.17. The SMILES string of the molecule is C=CC(CC(C)C)N(CC(=O)OC(C)(C)C)C(=O)[C@@H]1[C@@H](C=C)CCN1C(=O)OC(C)(C)C. The van der Waals surface area contributed by atoms with Crippen LogP contribution in [0.2, 0.25) is 0 Å². The molecule has 1 unspecified atom stereocenters. The maximum Gasteiger partial charge on any atom is 0.410 e. The van der Waals surface area contributed by atoms with Crippen molar-refractivity contribution >= 4 is 18.0 Å². The molecule has 0 saturated carbocycles. The summed E-state index contributed by atoms with van der Waals surface area (Å²) >= 11 is 0. The Morgan fingerprint density at radius 3 is 2.06 bits per heavy atom. The van der Waals surface area contributed by atoms with Gasteiger partial charge in [0.25, 0.3) is 0 Å². The van der Waals surface area contributed by atoms with Crippen molar-refractivity contribution in [3.63, 3.8) is 0 Å². The molecule has 182 valence electrons. The van der Waals surface area contributed by atoms with Crippen LogP contribution in [0.5, 0.6) is 0 Å². The van der Waals surface area contributed by atoms with Crippen LogP contribution in [0, 0.1) is 11.8 Å². The molecule has 7 nitrogen and oxygen atoms in total. The van der Waals surface area contributed by atoms with Crippen LogP contribution in [0.4, 0.5) is 4.79 Å². The first-order valence-corrected chi connectivity index (χ1v) is 11.4. The predicted octanol–water partition coefficient (Wildman–Crippen LogP) is 4.57. The van der Waals surface area contributed by atoms with Crippen molar-refractivity contribution < 1.29 is 23.9 Å². The minimum absolute atomic E-state index is 0.220. The van der Waals surface area contributed by atoms with E-state index >= 15 is 0 Å². The van der Waals surface area contributed by atoms with Gasteiger partial charge in [-0.25, -0.2) is 4.79 Å². The third kappa shape index (κ3) is 8.32. The van der Waals surface area contributed by atoms with E-state index in [1.165, 1.54) is 9.80 Å². The molecule has 3 atom stereocenters. The van der Waals surface area contributed by atoms with Crippen LogP contribution < -0.4 is 0 Å². The molecule has 7 heteroatoms. The second-order valence-corrected chi connectivity index (χ2v) is 10.8. The predicted molar refractivity (Wildman–Crippen MR) is 126 cm³/mol. The van der Waals surface area contributed by atoms with E-state index in [0.29, 0.717) is 19.4 Å². The van der Waals surface area contributed by atoms with E-state index < -0.39 is 29.3 Å². The van der Waals surface area contributed by atoms with Crippen LogP contribution in [0.25, 0.3) is 0 Å². The normalized spacial score (nSPS) is 20.0. The Hall–Kier alpha value is -2.31. The molecular formula is C25H42N2O5. The van der Waals surface area contributed by atoms with Crippen LogP contribution in [0.15, 0.2) is 25.3 Å². The number of amides is 2. The van der Waals surface area contributed by atoms with Crippen molar-refractivity contribution in [1.29, 1.82) is 0 Å². The summed E-state index contributed by atoms with van der Waals surface area (Å²) in [5, 5.41) is 0. The first-order chi connectivity index (χ1) is 14.6. The molecule has 0 aromatic rings. The van der Waals surface area contributed by atoms with Crippen LogP contribution >= 0.6 is 0 Å². The van der Waals surface area contributed by atoms with Crippen LogP contribution in [-0.2, 0) is 19.1 Å². The minimum atomic E-state index is -0.792. The number of hydrogen-bond acceptors (Lipinski definition) is 5. The second-order valence-electron chi connectivity index (χ2n) is 10.8. The summed E-state index contributed by atoms with van der Waals surface area (Å²) in [7, 11) is 0. The Morgan fingerprint density at radius 2 is 1.62 bits per heavy atom. The van der Waals surface area contributed by atoms with Gasteiger partial charge >= 0.3 is 12.1 Å². The fraction of sp³-hybridized carbons (Fsp3) is 0.720. The molecule has 32 heavy (non-hydrogen) atoms. The highest BCUT2D eigenvalue weighted by Gasteiger charge is 2.45. The largest absolute Gasteiger partial charge is 0.459 e. The van der Waals surface area contributed by atoms with Gasteiger partial charge in [-0.15, -0.1) is 13.2 Å². The van der Waals surface area contributed by atoms with Crippen molar-refractivity contribution in [3.8, 4) is 0 Å². The lowest BCUT2D eigenvalue weighted by Crippen LogP contribution is -2.55. The van der Waals surface area contributed by atoms with E-state index in [4.69, 9.17) is 9.47 Å². The second kappa shape index (κ2) is 11.0. The minimum Gasteiger partial charge on any atom is -0.459 e. The van der Waals surface area contributed by atoms with E-state index in [9.17, 15) is 14.4 Å². The lowest BCUT2D eigenvalue weighted by Gasteiger charge is -2.36. The van der Waals surface area contributed by atoms with Gasteiger partial charge < -0.3 is 14.4 Å². The zero-order chi connectivity index (χ0) is 24.9. The van der Waals surface area contributed by atoms with Crippen LogP contribution in [0.3, 0.4) is 0 Å². The molecule has 0 bridgehead atoms. The first kappa shape index (κ1) is 27.7. The number of hydrogen-bond donors (Lipinski definition) is 0. The van der Waals surface area contributed by atoms with Crippen molar-refractivity contribution in [2.75, 3.05) is 13.1 Å². The van der Waals surface area contributed by atoms with Gasteiger partial charge in [0, 0.05) is 12.5 Å². The van der Waals surface area contributed by atoms with Crippen molar-refractivity contribution in [2.24, 2.45) is 11.8 Å². The summed E-state index contributed by atoms with van der Waals surface area (Å²) in [5.74, 6) is -0.790. The number of carbonyl (C=O) groups excluding carboxylic acids is 3. The number of rotatable bonds is 8. The average Bonchev–Trinajstić information content (AvgIpc) is 3.05. The zero-order valence-electron chi connectivity index (χ0n) is 21.1. The van der Waals surface area contributed by atoms with E-state index in [1.54, 1.807) is 53.7 Å². The summed E-state index contributed by atoms with van der Waals surface area (Å²) in [5.41, 5.74) is -1.36. The van der Waals surface area contributed by atoms with Gasteiger partial charge in [0.05, 0.1) is 6.04 Å². The molecule has 0 aromatic carbocycles. The van der Waals surface area contributed by atoms with E-state index in [2.05, 4.69) is 13.2 Å². The van der Waals surface area contributed by atoms with Gasteiger partial charge in [0.2, 0.25) is 5.91 Å². The summed E-state index contributed by atoms with van der Waals surface area (Å²) in [6.45, 7) is 22.7. The Labute approximate surface area is 193 Å². The molecule has 1 heterocycles. The van der Waals surface area contributed by atoms with Crippen molar-refractivity contribution in [2.45, 2.75) is 91.5 Å². The monoisotopic (exact) mass is 450 g/mol. The van der Waals surface area contributed by atoms with Gasteiger partial charge in [-0.2, -0.15) is 0 Å².